The molecule has 4 heteroatoms. The van der Waals surface area contributed by atoms with Gasteiger partial charge in [-0.3, -0.25) is 4.90 Å². The van der Waals surface area contributed by atoms with Gasteiger partial charge < -0.3 is 10.2 Å². The van der Waals surface area contributed by atoms with E-state index in [2.05, 4.69) is 41.0 Å². The summed E-state index contributed by atoms with van der Waals surface area (Å²) in [7, 11) is 2.20. The van der Waals surface area contributed by atoms with Crippen LogP contribution in [0.15, 0.2) is 24.4 Å². The number of anilines is 1. The molecule has 19 heavy (non-hydrogen) atoms. The number of pyridine rings is 1. The molecule has 0 radical (unpaired) electrons. The van der Waals surface area contributed by atoms with Crippen LogP contribution in [0.5, 0.6) is 0 Å². The van der Waals surface area contributed by atoms with E-state index in [4.69, 9.17) is 0 Å². The van der Waals surface area contributed by atoms with E-state index in [1.54, 1.807) is 0 Å². The van der Waals surface area contributed by atoms with Crippen LogP contribution in [-0.2, 0) is 0 Å². The molecular weight excluding hydrogens is 236 g/mol. The molecule has 1 aliphatic heterocycles. The second kappa shape index (κ2) is 6.87. The maximum Gasteiger partial charge on any atom is 0.125 e. The minimum atomic E-state index is 0.579. The molecule has 2 heterocycles. The lowest BCUT2D eigenvalue weighted by molar-refractivity contribution is 0.0944. The molecular formula is C15H26N4. The van der Waals surface area contributed by atoms with Crippen molar-refractivity contribution in [3.63, 3.8) is 0 Å². The number of rotatable bonds is 5. The van der Waals surface area contributed by atoms with Crippen molar-refractivity contribution in [2.24, 2.45) is 5.92 Å². The molecule has 1 saturated heterocycles. The summed E-state index contributed by atoms with van der Waals surface area (Å²) in [4.78, 5) is 9.34. The Hall–Kier alpha value is -1.13. The van der Waals surface area contributed by atoms with Crippen LogP contribution in [0.25, 0.3) is 0 Å². The molecule has 0 saturated carbocycles. The number of nitrogens with zero attached hydrogens (tertiary/aromatic N) is 3. The summed E-state index contributed by atoms with van der Waals surface area (Å²) < 4.78 is 0. The van der Waals surface area contributed by atoms with Gasteiger partial charge in [-0.2, -0.15) is 0 Å². The molecule has 1 fully saturated rings. The highest BCUT2D eigenvalue weighted by Crippen LogP contribution is 2.14. The van der Waals surface area contributed by atoms with Crippen molar-refractivity contribution in [3.05, 3.63) is 24.4 Å². The second-order valence-electron chi connectivity index (χ2n) is 5.75. The minimum absolute atomic E-state index is 0.579. The Bertz CT molecular complexity index is 358. The normalized spacial score (nSPS) is 19.6. The van der Waals surface area contributed by atoms with Gasteiger partial charge in [0.1, 0.15) is 5.82 Å². The molecule has 0 aliphatic carbocycles. The third-order valence-corrected chi connectivity index (χ3v) is 3.93. The van der Waals surface area contributed by atoms with Crippen LogP contribution in [0, 0.1) is 5.92 Å². The molecule has 1 aromatic heterocycles. The Kier molecular flexibility index (Phi) is 5.16. The van der Waals surface area contributed by atoms with Crippen molar-refractivity contribution in [1.29, 1.82) is 0 Å². The summed E-state index contributed by atoms with van der Waals surface area (Å²) in [6.45, 7) is 10.3. The summed E-state index contributed by atoms with van der Waals surface area (Å²) in [5.74, 6) is 1.63. The number of likely N-dealkylation sites (N-methyl/N-ethyl adjacent to an activating group) is 1. The summed E-state index contributed by atoms with van der Waals surface area (Å²) >= 11 is 0. The molecule has 4 nitrogen and oxygen atoms in total. The summed E-state index contributed by atoms with van der Waals surface area (Å²) in [6.07, 6.45) is 1.84. The van der Waals surface area contributed by atoms with Gasteiger partial charge in [0.25, 0.3) is 0 Å². The zero-order valence-corrected chi connectivity index (χ0v) is 12.3. The number of piperazine rings is 1. The lowest BCUT2D eigenvalue weighted by atomic mass is 10.0. The Balaban J connectivity index is 1.89. The number of hydrogen-bond donors (Lipinski definition) is 1. The number of aromatic nitrogens is 1. The summed E-state index contributed by atoms with van der Waals surface area (Å²) in [5.41, 5.74) is 0. The van der Waals surface area contributed by atoms with Gasteiger partial charge in [0.15, 0.2) is 0 Å². The SMILES string of the molecule is CC(C)C(CNc1ccccn1)N1CCN(C)CC1. The molecule has 0 aromatic carbocycles. The smallest absolute Gasteiger partial charge is 0.125 e. The van der Waals surface area contributed by atoms with Gasteiger partial charge in [-0.15, -0.1) is 0 Å². The summed E-state index contributed by atoms with van der Waals surface area (Å²) in [6, 6.07) is 6.58. The van der Waals surface area contributed by atoms with Gasteiger partial charge in [0, 0.05) is 45.0 Å². The first-order valence-electron chi connectivity index (χ1n) is 7.24. The van der Waals surface area contributed by atoms with E-state index in [-0.39, 0.29) is 0 Å². The topological polar surface area (TPSA) is 31.4 Å². The Morgan fingerprint density at radius 2 is 1.95 bits per heavy atom. The highest BCUT2D eigenvalue weighted by Gasteiger charge is 2.24. The third kappa shape index (κ3) is 4.18. The van der Waals surface area contributed by atoms with Crippen LogP contribution < -0.4 is 5.32 Å². The van der Waals surface area contributed by atoms with Gasteiger partial charge in [-0.05, 0) is 25.1 Å². The Morgan fingerprint density at radius 1 is 1.21 bits per heavy atom. The van der Waals surface area contributed by atoms with Crippen molar-refractivity contribution < 1.29 is 0 Å². The lowest BCUT2D eigenvalue weighted by Gasteiger charge is -2.40. The zero-order valence-electron chi connectivity index (χ0n) is 12.3. The van der Waals surface area contributed by atoms with Crippen molar-refractivity contribution >= 4 is 5.82 Å². The Morgan fingerprint density at radius 3 is 2.53 bits per heavy atom. The van der Waals surface area contributed by atoms with Gasteiger partial charge in [0.05, 0.1) is 0 Å². The van der Waals surface area contributed by atoms with Gasteiger partial charge in [-0.1, -0.05) is 19.9 Å². The predicted octanol–water partition coefficient (Wildman–Crippen LogP) is 1.77. The average molecular weight is 262 g/mol. The molecule has 106 valence electrons. The van der Waals surface area contributed by atoms with E-state index in [0.717, 1.165) is 12.4 Å². The lowest BCUT2D eigenvalue weighted by Crippen LogP contribution is -2.52. The first-order valence-corrected chi connectivity index (χ1v) is 7.24. The molecule has 1 N–H and O–H groups in total. The van der Waals surface area contributed by atoms with Crippen LogP contribution in [0.1, 0.15) is 13.8 Å². The maximum atomic E-state index is 4.33. The van der Waals surface area contributed by atoms with Gasteiger partial charge >= 0.3 is 0 Å². The fourth-order valence-corrected chi connectivity index (χ4v) is 2.62. The quantitative estimate of drug-likeness (QED) is 0.876. The Labute approximate surface area is 116 Å². The van der Waals surface area contributed by atoms with Crippen LogP contribution in [-0.4, -0.2) is 60.6 Å². The minimum Gasteiger partial charge on any atom is -0.368 e. The molecule has 1 unspecified atom stereocenters. The zero-order chi connectivity index (χ0) is 13.7. The predicted molar refractivity (Wildman–Crippen MR) is 80.4 cm³/mol. The highest BCUT2D eigenvalue weighted by atomic mass is 15.3. The van der Waals surface area contributed by atoms with E-state index in [1.807, 2.05) is 24.4 Å². The second-order valence-corrected chi connectivity index (χ2v) is 5.75. The largest absolute Gasteiger partial charge is 0.368 e. The first kappa shape index (κ1) is 14.3. The molecule has 0 amide bonds. The fourth-order valence-electron chi connectivity index (χ4n) is 2.62. The molecule has 1 aromatic rings. The van der Waals surface area contributed by atoms with Gasteiger partial charge in [0.2, 0.25) is 0 Å². The molecule has 1 atom stereocenters. The van der Waals surface area contributed by atoms with Crippen LogP contribution in [0.2, 0.25) is 0 Å². The molecule has 0 spiro atoms. The molecule has 0 bridgehead atoms. The fraction of sp³-hybridized carbons (Fsp3) is 0.667. The molecule has 2 rings (SSSR count). The average Bonchev–Trinajstić information content (AvgIpc) is 2.42. The van der Waals surface area contributed by atoms with E-state index >= 15 is 0 Å². The van der Waals surface area contributed by atoms with Crippen molar-refractivity contribution in [3.8, 4) is 0 Å². The van der Waals surface area contributed by atoms with Crippen LogP contribution in [0.3, 0.4) is 0 Å². The van der Waals surface area contributed by atoms with Crippen LogP contribution >= 0.6 is 0 Å². The third-order valence-electron chi connectivity index (χ3n) is 3.93. The first-order chi connectivity index (χ1) is 9.16. The van der Waals surface area contributed by atoms with E-state index in [9.17, 15) is 0 Å². The highest BCUT2D eigenvalue weighted by molar-refractivity contribution is 5.33. The van der Waals surface area contributed by atoms with Crippen molar-refractivity contribution in [2.75, 3.05) is 45.1 Å². The van der Waals surface area contributed by atoms with Crippen molar-refractivity contribution in [2.45, 2.75) is 19.9 Å². The van der Waals surface area contributed by atoms with Crippen molar-refractivity contribution in [1.82, 2.24) is 14.8 Å². The van der Waals surface area contributed by atoms with E-state index < -0.39 is 0 Å². The standard InChI is InChI=1S/C15H26N4/c1-13(2)14(19-10-8-18(3)9-11-19)12-17-15-6-4-5-7-16-15/h4-7,13-14H,8-12H2,1-3H3,(H,16,17). The van der Waals surface area contributed by atoms with E-state index in [1.165, 1.54) is 26.2 Å². The van der Waals surface area contributed by atoms with E-state index in [0.29, 0.717) is 12.0 Å². The summed E-state index contributed by atoms with van der Waals surface area (Å²) in [5, 5.41) is 3.47. The molecule has 1 aliphatic rings. The van der Waals surface area contributed by atoms with Crippen LogP contribution in [0.4, 0.5) is 5.82 Å². The van der Waals surface area contributed by atoms with Gasteiger partial charge in [-0.25, -0.2) is 4.98 Å². The maximum absolute atomic E-state index is 4.33. The number of nitrogens with one attached hydrogen (secondary N) is 1. The number of hydrogen-bond acceptors (Lipinski definition) is 4. The monoisotopic (exact) mass is 262 g/mol.